The molecular formula is C14H26N2O4. The van der Waals surface area contributed by atoms with E-state index in [1.165, 1.54) is 0 Å². The second kappa shape index (κ2) is 8.09. The van der Waals surface area contributed by atoms with Crippen LogP contribution in [0.3, 0.4) is 0 Å². The number of carboxylic acids is 1. The summed E-state index contributed by atoms with van der Waals surface area (Å²) in [7, 11) is 1.71. The summed E-state index contributed by atoms with van der Waals surface area (Å²) in [5, 5.41) is 11.7. The van der Waals surface area contributed by atoms with E-state index < -0.39 is 12.0 Å². The Bertz CT molecular complexity index is 327. The zero-order chi connectivity index (χ0) is 15.1. The summed E-state index contributed by atoms with van der Waals surface area (Å²) in [4.78, 5) is 24.7. The Kier molecular flexibility index (Phi) is 6.78. The van der Waals surface area contributed by atoms with Gasteiger partial charge in [-0.3, -0.25) is 0 Å². The van der Waals surface area contributed by atoms with E-state index in [2.05, 4.69) is 5.32 Å². The normalized spacial score (nSPS) is 17.8. The highest BCUT2D eigenvalue weighted by atomic mass is 16.5. The fourth-order valence-corrected chi connectivity index (χ4v) is 2.35. The van der Waals surface area contributed by atoms with E-state index in [-0.39, 0.29) is 11.9 Å². The summed E-state index contributed by atoms with van der Waals surface area (Å²) in [6, 6.07) is -1.14. The molecule has 20 heavy (non-hydrogen) atoms. The fraction of sp³-hybridized carbons (Fsp3) is 0.857. The van der Waals surface area contributed by atoms with Crippen LogP contribution < -0.4 is 5.32 Å². The summed E-state index contributed by atoms with van der Waals surface area (Å²) in [6.07, 6.45) is 2.34. The number of urea groups is 1. The fourth-order valence-electron chi connectivity index (χ4n) is 2.35. The second-order valence-electron chi connectivity index (χ2n) is 5.91. The van der Waals surface area contributed by atoms with Crippen molar-refractivity contribution in [2.24, 2.45) is 11.8 Å². The van der Waals surface area contributed by atoms with E-state index in [0.717, 1.165) is 26.1 Å². The molecule has 0 aliphatic carbocycles. The lowest BCUT2D eigenvalue weighted by atomic mass is 10.00. The van der Waals surface area contributed by atoms with Crippen LogP contribution in [-0.2, 0) is 9.53 Å². The van der Waals surface area contributed by atoms with Crippen LogP contribution >= 0.6 is 0 Å². The molecule has 6 heteroatoms. The minimum Gasteiger partial charge on any atom is -0.480 e. The van der Waals surface area contributed by atoms with Crippen molar-refractivity contribution in [3.63, 3.8) is 0 Å². The van der Waals surface area contributed by atoms with Gasteiger partial charge in [-0.2, -0.15) is 0 Å². The predicted octanol–water partition coefficient (Wildman–Crippen LogP) is 1.55. The lowest BCUT2D eigenvalue weighted by Gasteiger charge is -2.28. The highest BCUT2D eigenvalue weighted by Gasteiger charge is 2.24. The molecule has 116 valence electrons. The first-order valence-corrected chi connectivity index (χ1v) is 7.22. The molecule has 0 spiro atoms. The van der Waals surface area contributed by atoms with E-state index in [0.29, 0.717) is 18.9 Å². The Hall–Kier alpha value is -1.30. The number of hydrogen-bond donors (Lipinski definition) is 2. The number of aliphatic carboxylic acids is 1. The number of amides is 2. The zero-order valence-electron chi connectivity index (χ0n) is 12.6. The number of carboxylic acid groups (broad SMARTS) is 1. The molecule has 1 atom stereocenters. The molecule has 0 radical (unpaired) electrons. The maximum absolute atomic E-state index is 12.0. The number of nitrogens with zero attached hydrogens (tertiary/aromatic N) is 1. The van der Waals surface area contributed by atoms with Gasteiger partial charge in [0.25, 0.3) is 0 Å². The van der Waals surface area contributed by atoms with Crippen LogP contribution in [0, 0.1) is 11.8 Å². The van der Waals surface area contributed by atoms with E-state index in [4.69, 9.17) is 9.84 Å². The molecule has 0 saturated carbocycles. The van der Waals surface area contributed by atoms with E-state index in [1.54, 1.807) is 11.9 Å². The summed E-state index contributed by atoms with van der Waals surface area (Å²) < 4.78 is 5.28. The molecule has 2 amide bonds. The lowest BCUT2D eigenvalue weighted by Crippen LogP contribution is -2.48. The van der Waals surface area contributed by atoms with Crippen LogP contribution in [0.25, 0.3) is 0 Å². The van der Waals surface area contributed by atoms with Crippen LogP contribution in [0.1, 0.15) is 33.1 Å². The first kappa shape index (κ1) is 16.8. The molecule has 1 heterocycles. The number of carbonyl (C=O) groups is 2. The molecule has 0 aromatic heterocycles. The largest absolute Gasteiger partial charge is 0.480 e. The van der Waals surface area contributed by atoms with Gasteiger partial charge < -0.3 is 20.1 Å². The van der Waals surface area contributed by atoms with Gasteiger partial charge in [0.1, 0.15) is 6.04 Å². The second-order valence-corrected chi connectivity index (χ2v) is 5.91. The first-order chi connectivity index (χ1) is 9.40. The Morgan fingerprint density at radius 3 is 2.45 bits per heavy atom. The lowest BCUT2D eigenvalue weighted by molar-refractivity contribution is -0.139. The molecule has 1 aliphatic heterocycles. The van der Waals surface area contributed by atoms with Gasteiger partial charge in [-0.25, -0.2) is 9.59 Å². The van der Waals surface area contributed by atoms with Crippen molar-refractivity contribution >= 4 is 12.0 Å². The average Bonchev–Trinajstić information content (AvgIpc) is 2.38. The maximum Gasteiger partial charge on any atom is 0.326 e. The van der Waals surface area contributed by atoms with Gasteiger partial charge in [0.2, 0.25) is 0 Å². The van der Waals surface area contributed by atoms with Crippen LogP contribution in [-0.4, -0.2) is 54.9 Å². The Morgan fingerprint density at radius 1 is 1.35 bits per heavy atom. The number of carbonyl (C=O) groups excluding carboxylic acids is 1. The summed E-state index contributed by atoms with van der Waals surface area (Å²) in [6.45, 7) is 6.00. The smallest absolute Gasteiger partial charge is 0.326 e. The van der Waals surface area contributed by atoms with Gasteiger partial charge in [0.05, 0.1) is 0 Å². The van der Waals surface area contributed by atoms with E-state index in [9.17, 15) is 9.59 Å². The highest BCUT2D eigenvalue weighted by Crippen LogP contribution is 2.15. The van der Waals surface area contributed by atoms with Crippen molar-refractivity contribution in [1.29, 1.82) is 0 Å². The monoisotopic (exact) mass is 286 g/mol. The van der Waals surface area contributed by atoms with Crippen LogP contribution in [0.15, 0.2) is 0 Å². The van der Waals surface area contributed by atoms with Crippen LogP contribution in [0.5, 0.6) is 0 Å². The van der Waals surface area contributed by atoms with E-state index in [1.807, 2.05) is 13.8 Å². The summed E-state index contributed by atoms with van der Waals surface area (Å²) >= 11 is 0. The van der Waals surface area contributed by atoms with Gasteiger partial charge in [-0.15, -0.1) is 0 Å². The molecule has 1 unspecified atom stereocenters. The first-order valence-electron chi connectivity index (χ1n) is 7.22. The van der Waals surface area contributed by atoms with Crippen molar-refractivity contribution in [2.45, 2.75) is 39.2 Å². The minimum absolute atomic E-state index is 0.220. The molecule has 1 saturated heterocycles. The molecule has 0 aromatic carbocycles. The van der Waals surface area contributed by atoms with Crippen molar-refractivity contribution in [2.75, 3.05) is 26.8 Å². The zero-order valence-corrected chi connectivity index (χ0v) is 12.6. The van der Waals surface area contributed by atoms with Gasteiger partial charge >= 0.3 is 12.0 Å². The van der Waals surface area contributed by atoms with Gasteiger partial charge in [0, 0.05) is 26.8 Å². The molecule has 6 nitrogen and oxygen atoms in total. The van der Waals surface area contributed by atoms with Gasteiger partial charge in [-0.1, -0.05) is 13.8 Å². The van der Waals surface area contributed by atoms with Crippen molar-refractivity contribution < 1.29 is 19.4 Å². The van der Waals surface area contributed by atoms with E-state index >= 15 is 0 Å². The standard InChI is InChI=1S/C14H26N2O4/c1-10(2)8-12(13(17)18)15-14(19)16(3)9-11-4-6-20-7-5-11/h10-12H,4-9H2,1-3H3,(H,15,19)(H,17,18). The highest BCUT2D eigenvalue weighted by molar-refractivity contribution is 5.82. The minimum atomic E-state index is -0.980. The maximum atomic E-state index is 12.0. The molecule has 1 aliphatic rings. The topological polar surface area (TPSA) is 78.9 Å². The Morgan fingerprint density at radius 2 is 1.95 bits per heavy atom. The number of rotatable bonds is 6. The molecular weight excluding hydrogens is 260 g/mol. The molecule has 1 fully saturated rings. The SMILES string of the molecule is CC(C)CC(NC(=O)N(C)CC1CCOCC1)C(=O)O. The van der Waals surface area contributed by atoms with Crippen molar-refractivity contribution in [1.82, 2.24) is 10.2 Å². The van der Waals surface area contributed by atoms with Crippen molar-refractivity contribution in [3.8, 4) is 0 Å². The molecule has 2 N–H and O–H groups in total. The number of nitrogens with one attached hydrogen (secondary N) is 1. The number of ether oxygens (including phenoxy) is 1. The number of hydrogen-bond acceptors (Lipinski definition) is 3. The van der Waals surface area contributed by atoms with Crippen LogP contribution in [0.4, 0.5) is 4.79 Å². The molecule has 0 aromatic rings. The quantitative estimate of drug-likeness (QED) is 0.776. The Balaban J connectivity index is 2.43. The van der Waals surface area contributed by atoms with Crippen LogP contribution in [0.2, 0.25) is 0 Å². The predicted molar refractivity (Wildman–Crippen MR) is 75.6 cm³/mol. The molecule has 0 bridgehead atoms. The van der Waals surface area contributed by atoms with Gasteiger partial charge in [0.15, 0.2) is 0 Å². The molecule has 1 rings (SSSR count). The Labute approximate surface area is 120 Å². The summed E-state index contributed by atoms with van der Waals surface area (Å²) in [5.41, 5.74) is 0. The summed E-state index contributed by atoms with van der Waals surface area (Å²) in [5.74, 6) is -0.323. The van der Waals surface area contributed by atoms with Gasteiger partial charge in [-0.05, 0) is 31.1 Å². The van der Waals surface area contributed by atoms with Crippen molar-refractivity contribution in [3.05, 3.63) is 0 Å². The average molecular weight is 286 g/mol. The third-order valence-electron chi connectivity index (χ3n) is 3.52. The third kappa shape index (κ3) is 5.77. The third-order valence-corrected chi connectivity index (χ3v) is 3.52.